The minimum Gasteiger partial charge on any atom is -0.462 e. The van der Waals surface area contributed by atoms with Gasteiger partial charge in [-0.25, -0.2) is 0 Å². The summed E-state index contributed by atoms with van der Waals surface area (Å²) >= 11 is 0. The predicted octanol–water partition coefficient (Wildman–Crippen LogP) is 23.8. The number of hydrogen-bond donors (Lipinski definition) is 0. The van der Waals surface area contributed by atoms with Gasteiger partial charge in [-0.3, -0.25) is 14.4 Å². The van der Waals surface area contributed by atoms with Crippen molar-refractivity contribution in [3.05, 3.63) is 109 Å². The van der Waals surface area contributed by atoms with Crippen molar-refractivity contribution in [3.63, 3.8) is 0 Å². The maximum absolute atomic E-state index is 12.9. The first-order chi connectivity index (χ1) is 40.0. The Morgan fingerprint density at radius 1 is 0.259 bits per heavy atom. The second kappa shape index (κ2) is 68.6. The van der Waals surface area contributed by atoms with Crippen LogP contribution >= 0.6 is 0 Å². The lowest BCUT2D eigenvalue weighted by Crippen LogP contribution is -2.30. The van der Waals surface area contributed by atoms with Crippen LogP contribution < -0.4 is 0 Å². The Bertz CT molecular complexity index is 1620. The third-order valence-corrected chi connectivity index (χ3v) is 14.8. The fraction of sp³-hybridized carbons (Fsp3) is 0.720. The molecule has 0 saturated heterocycles. The number of carbonyl (C=O) groups is 3. The number of esters is 3. The first-order valence-electron chi connectivity index (χ1n) is 34.4. The Morgan fingerprint density at radius 3 is 0.753 bits per heavy atom. The van der Waals surface area contributed by atoms with Crippen LogP contribution in [0.1, 0.15) is 329 Å². The second-order valence-corrected chi connectivity index (χ2v) is 22.7. The standard InChI is InChI=1S/C75H128O6/c1-4-7-10-13-15-17-19-21-23-25-27-29-31-33-35-37-39-41-43-45-47-49-51-53-55-57-59-62-65-68-74(77)80-71-72(70-79-73(76)67-64-61-12-9-6-3)81-75(78)69-66-63-60-58-56-54-52-50-48-46-44-42-40-38-36-34-32-30-28-26-24-22-20-18-16-14-11-8-5-2/h7-8,10-11,15-18,21-24,27-30,33,35,72H,4-6,9,12-14,19-20,25-26,31-32,34,36-71H2,1-3H3/b10-7-,11-8-,17-15-,18-16-,23-21-,24-22-,29-27-,30-28-,35-33-. The van der Waals surface area contributed by atoms with E-state index in [0.717, 1.165) is 122 Å². The fourth-order valence-electron chi connectivity index (χ4n) is 9.70. The lowest BCUT2D eigenvalue weighted by molar-refractivity contribution is -0.167. The molecule has 0 aromatic rings. The van der Waals surface area contributed by atoms with Crippen LogP contribution in [0.3, 0.4) is 0 Å². The summed E-state index contributed by atoms with van der Waals surface area (Å²) in [5, 5.41) is 0. The van der Waals surface area contributed by atoms with Crippen LogP contribution in [0.5, 0.6) is 0 Å². The van der Waals surface area contributed by atoms with Gasteiger partial charge in [-0.15, -0.1) is 0 Å². The van der Waals surface area contributed by atoms with E-state index in [1.165, 1.54) is 167 Å². The monoisotopic (exact) mass is 1120 g/mol. The molecule has 0 heterocycles. The van der Waals surface area contributed by atoms with Crippen LogP contribution in [0, 0.1) is 0 Å². The summed E-state index contributed by atoms with van der Waals surface area (Å²) in [7, 11) is 0. The van der Waals surface area contributed by atoms with E-state index in [2.05, 4.69) is 130 Å². The average molecular weight is 1130 g/mol. The highest BCUT2D eigenvalue weighted by molar-refractivity contribution is 5.71. The Kier molecular flexibility index (Phi) is 65.2. The van der Waals surface area contributed by atoms with Gasteiger partial charge in [0, 0.05) is 19.3 Å². The first-order valence-corrected chi connectivity index (χ1v) is 34.4. The molecule has 1 unspecified atom stereocenters. The van der Waals surface area contributed by atoms with E-state index < -0.39 is 6.10 Å². The molecule has 0 bridgehead atoms. The number of ether oxygens (including phenoxy) is 3. The van der Waals surface area contributed by atoms with Crippen LogP contribution in [0.15, 0.2) is 109 Å². The summed E-state index contributed by atoms with van der Waals surface area (Å²) in [6, 6.07) is 0. The van der Waals surface area contributed by atoms with Gasteiger partial charge in [0.15, 0.2) is 6.10 Å². The summed E-state index contributed by atoms with van der Waals surface area (Å²) in [6.45, 7) is 6.36. The largest absolute Gasteiger partial charge is 0.462 e. The molecule has 0 aliphatic rings. The molecule has 0 saturated carbocycles. The Balaban J connectivity index is 3.99. The van der Waals surface area contributed by atoms with Crippen molar-refractivity contribution in [2.24, 2.45) is 0 Å². The lowest BCUT2D eigenvalue weighted by Gasteiger charge is -2.18. The molecule has 6 nitrogen and oxygen atoms in total. The van der Waals surface area contributed by atoms with Crippen molar-refractivity contribution in [3.8, 4) is 0 Å². The maximum Gasteiger partial charge on any atom is 0.306 e. The molecule has 0 rings (SSSR count). The quantitative estimate of drug-likeness (QED) is 0.0261. The summed E-state index contributed by atoms with van der Waals surface area (Å²) < 4.78 is 16.8. The SMILES string of the molecule is CC/C=C\C/C=C\C/C=C\C/C=C\C/C=C\CCCCCCCCCCCCCCCC(=O)OCC(COC(=O)CCCCCCC)OC(=O)CCCCCCCCCCCCCCCCCC/C=C\C/C=C\C/C=C\C/C=C\CC. The molecule has 6 heteroatoms. The third kappa shape index (κ3) is 66.8. The van der Waals surface area contributed by atoms with Crippen molar-refractivity contribution in [2.75, 3.05) is 13.2 Å². The normalized spacial score (nSPS) is 12.8. The Morgan fingerprint density at radius 2 is 0.481 bits per heavy atom. The molecule has 0 fully saturated rings. The van der Waals surface area contributed by atoms with Gasteiger partial charge in [0.2, 0.25) is 0 Å². The molecule has 0 radical (unpaired) electrons. The van der Waals surface area contributed by atoms with Crippen LogP contribution in [-0.4, -0.2) is 37.2 Å². The molecule has 1 atom stereocenters. The average Bonchev–Trinajstić information content (AvgIpc) is 3.47. The number of allylic oxidation sites excluding steroid dienone is 18. The van der Waals surface area contributed by atoms with Crippen LogP contribution in [0.2, 0.25) is 0 Å². The van der Waals surface area contributed by atoms with Crippen LogP contribution in [0.4, 0.5) is 0 Å². The molecule has 0 spiro atoms. The van der Waals surface area contributed by atoms with Crippen molar-refractivity contribution in [1.82, 2.24) is 0 Å². The maximum atomic E-state index is 12.9. The van der Waals surface area contributed by atoms with Gasteiger partial charge in [0.25, 0.3) is 0 Å². The van der Waals surface area contributed by atoms with Gasteiger partial charge in [-0.05, 0) is 103 Å². The second-order valence-electron chi connectivity index (χ2n) is 22.7. The zero-order chi connectivity index (χ0) is 58.5. The number of hydrogen-bond acceptors (Lipinski definition) is 6. The van der Waals surface area contributed by atoms with E-state index in [1.54, 1.807) is 0 Å². The molecule has 0 N–H and O–H groups in total. The van der Waals surface area contributed by atoms with E-state index >= 15 is 0 Å². The Hall–Kier alpha value is -3.93. The number of rotatable bonds is 62. The molecule has 0 aliphatic carbocycles. The van der Waals surface area contributed by atoms with Gasteiger partial charge in [-0.1, -0.05) is 316 Å². The first kappa shape index (κ1) is 77.1. The Labute approximate surface area is 501 Å². The van der Waals surface area contributed by atoms with Gasteiger partial charge < -0.3 is 14.2 Å². The van der Waals surface area contributed by atoms with Gasteiger partial charge in [-0.2, -0.15) is 0 Å². The summed E-state index contributed by atoms with van der Waals surface area (Å²) in [5.41, 5.74) is 0. The molecule has 0 aliphatic heterocycles. The highest BCUT2D eigenvalue weighted by Crippen LogP contribution is 2.17. The van der Waals surface area contributed by atoms with Gasteiger partial charge in [0.1, 0.15) is 13.2 Å². The zero-order valence-corrected chi connectivity index (χ0v) is 53.3. The molecule has 0 aromatic carbocycles. The summed E-state index contributed by atoms with van der Waals surface area (Å²) in [4.78, 5) is 38.0. The van der Waals surface area contributed by atoms with E-state index in [-0.39, 0.29) is 31.1 Å². The van der Waals surface area contributed by atoms with Gasteiger partial charge >= 0.3 is 17.9 Å². The van der Waals surface area contributed by atoms with Crippen molar-refractivity contribution in [1.29, 1.82) is 0 Å². The topological polar surface area (TPSA) is 78.9 Å². The smallest absolute Gasteiger partial charge is 0.306 e. The minimum atomic E-state index is -0.775. The molecule has 81 heavy (non-hydrogen) atoms. The molecular formula is C75H128O6. The highest BCUT2D eigenvalue weighted by atomic mass is 16.6. The zero-order valence-electron chi connectivity index (χ0n) is 53.3. The van der Waals surface area contributed by atoms with E-state index in [9.17, 15) is 14.4 Å². The van der Waals surface area contributed by atoms with E-state index in [0.29, 0.717) is 19.3 Å². The fourth-order valence-corrected chi connectivity index (χ4v) is 9.70. The van der Waals surface area contributed by atoms with Crippen LogP contribution in [0.25, 0.3) is 0 Å². The molecule has 0 amide bonds. The van der Waals surface area contributed by atoms with Crippen molar-refractivity contribution < 1.29 is 28.6 Å². The number of unbranched alkanes of at least 4 members (excludes halogenated alkanes) is 33. The van der Waals surface area contributed by atoms with Crippen LogP contribution in [-0.2, 0) is 28.6 Å². The predicted molar refractivity (Wildman–Crippen MR) is 353 cm³/mol. The van der Waals surface area contributed by atoms with E-state index in [1.807, 2.05) is 0 Å². The summed E-state index contributed by atoms with van der Waals surface area (Å²) in [5.74, 6) is -0.879. The highest BCUT2D eigenvalue weighted by Gasteiger charge is 2.19. The molecular weight excluding hydrogens is 997 g/mol. The summed E-state index contributed by atoms with van der Waals surface area (Å²) in [6.07, 6.45) is 94.5. The van der Waals surface area contributed by atoms with Crippen molar-refractivity contribution in [2.45, 2.75) is 335 Å². The molecule has 0 aromatic heterocycles. The van der Waals surface area contributed by atoms with Crippen molar-refractivity contribution >= 4 is 17.9 Å². The van der Waals surface area contributed by atoms with Gasteiger partial charge in [0.05, 0.1) is 0 Å². The lowest BCUT2D eigenvalue weighted by atomic mass is 10.0. The third-order valence-electron chi connectivity index (χ3n) is 14.8. The van der Waals surface area contributed by atoms with E-state index in [4.69, 9.17) is 14.2 Å². The number of carbonyl (C=O) groups excluding carboxylic acids is 3. The molecule has 464 valence electrons. The minimum absolute atomic E-state index is 0.0757.